The maximum atomic E-state index is 12.1. The fraction of sp³-hybridized carbons (Fsp3) is 0.190. The Morgan fingerprint density at radius 3 is 2.59 bits per heavy atom. The maximum Gasteiger partial charge on any atom is 0.251 e. The van der Waals surface area contributed by atoms with Crippen LogP contribution in [-0.2, 0) is 10.4 Å². The molecule has 1 heterocycles. The molecule has 3 aromatic rings. The minimum atomic E-state index is -0.953. The number of amides is 2. The summed E-state index contributed by atoms with van der Waals surface area (Å²) in [4.78, 5) is 28.6. The van der Waals surface area contributed by atoms with Gasteiger partial charge >= 0.3 is 0 Å². The number of hydrogen-bond donors (Lipinski definition) is 4. The van der Waals surface area contributed by atoms with Gasteiger partial charge in [-0.1, -0.05) is 18.2 Å². The van der Waals surface area contributed by atoms with E-state index in [2.05, 4.69) is 15.6 Å². The van der Waals surface area contributed by atoms with E-state index in [0.29, 0.717) is 22.1 Å². The van der Waals surface area contributed by atoms with Gasteiger partial charge in [0.25, 0.3) is 5.91 Å². The van der Waals surface area contributed by atoms with Crippen LogP contribution >= 0.6 is 11.3 Å². The zero-order valence-corrected chi connectivity index (χ0v) is 16.9. The molecule has 0 saturated heterocycles. The molecule has 8 heteroatoms. The number of carbonyl (C=O) groups is 2. The van der Waals surface area contributed by atoms with E-state index in [1.54, 1.807) is 38.1 Å². The van der Waals surface area contributed by atoms with E-state index in [4.69, 9.17) is 5.73 Å². The number of rotatable bonds is 6. The van der Waals surface area contributed by atoms with E-state index >= 15 is 0 Å². The third-order valence-electron chi connectivity index (χ3n) is 4.20. The molecule has 29 heavy (non-hydrogen) atoms. The van der Waals surface area contributed by atoms with E-state index in [1.807, 2.05) is 29.6 Å². The summed E-state index contributed by atoms with van der Waals surface area (Å²) in [5.41, 5.74) is 7.95. The zero-order valence-electron chi connectivity index (χ0n) is 16.1. The number of hydrogen-bond acceptors (Lipinski definition) is 6. The molecule has 0 saturated carbocycles. The summed E-state index contributed by atoms with van der Waals surface area (Å²) < 4.78 is 0. The highest BCUT2D eigenvalue weighted by Gasteiger charge is 2.17. The van der Waals surface area contributed by atoms with Crippen LogP contribution in [0.25, 0.3) is 11.3 Å². The summed E-state index contributed by atoms with van der Waals surface area (Å²) >= 11 is 1.29. The molecule has 1 aromatic heterocycles. The molecule has 0 unspecified atom stereocenters. The van der Waals surface area contributed by atoms with Crippen LogP contribution in [0.2, 0.25) is 0 Å². The second-order valence-electron chi connectivity index (χ2n) is 7.03. The van der Waals surface area contributed by atoms with Gasteiger partial charge in [0.15, 0.2) is 5.13 Å². The molecule has 7 nitrogen and oxygen atoms in total. The number of nitrogens with zero attached hydrogens (tertiary/aromatic N) is 1. The first-order chi connectivity index (χ1) is 13.7. The molecule has 0 fully saturated rings. The molecule has 0 aliphatic heterocycles. The standard InChI is InChI=1S/C21H22N4O3S/c1-21(2,28)15-5-3-4-14(10-15)17-12-29-20(24-17)25-18(26)11-23-19(27)13-6-8-16(22)9-7-13/h3-10,12,28H,11,22H2,1-2H3,(H,23,27)(H,24,25,26). The largest absolute Gasteiger partial charge is 0.399 e. The van der Waals surface area contributed by atoms with Crippen molar-refractivity contribution in [3.8, 4) is 11.3 Å². The highest BCUT2D eigenvalue weighted by atomic mass is 32.1. The van der Waals surface area contributed by atoms with Gasteiger partial charge in [0, 0.05) is 22.2 Å². The molecular weight excluding hydrogens is 388 g/mol. The third kappa shape index (κ3) is 5.40. The molecule has 150 valence electrons. The van der Waals surface area contributed by atoms with E-state index < -0.39 is 5.60 Å². The Hall–Kier alpha value is -3.23. The molecule has 5 N–H and O–H groups in total. The Morgan fingerprint density at radius 2 is 1.90 bits per heavy atom. The van der Waals surface area contributed by atoms with Crippen LogP contribution in [0.3, 0.4) is 0 Å². The fourth-order valence-electron chi connectivity index (χ4n) is 2.58. The molecule has 0 bridgehead atoms. The van der Waals surface area contributed by atoms with Crippen molar-refractivity contribution in [2.75, 3.05) is 17.6 Å². The second-order valence-corrected chi connectivity index (χ2v) is 7.89. The highest BCUT2D eigenvalue weighted by Crippen LogP contribution is 2.28. The number of aliphatic hydroxyl groups is 1. The maximum absolute atomic E-state index is 12.1. The van der Waals surface area contributed by atoms with Gasteiger partial charge in [0.1, 0.15) is 0 Å². The van der Waals surface area contributed by atoms with Gasteiger partial charge in [-0.25, -0.2) is 4.98 Å². The van der Waals surface area contributed by atoms with Gasteiger partial charge < -0.3 is 21.5 Å². The van der Waals surface area contributed by atoms with Crippen LogP contribution in [0, 0.1) is 0 Å². The van der Waals surface area contributed by atoms with E-state index in [-0.39, 0.29) is 18.4 Å². The first kappa shape index (κ1) is 20.5. The van der Waals surface area contributed by atoms with E-state index in [1.165, 1.54) is 11.3 Å². The van der Waals surface area contributed by atoms with Gasteiger partial charge in [-0.15, -0.1) is 11.3 Å². The summed E-state index contributed by atoms with van der Waals surface area (Å²) in [7, 11) is 0. The molecule has 2 amide bonds. The van der Waals surface area contributed by atoms with Gasteiger partial charge in [-0.3, -0.25) is 9.59 Å². The number of benzene rings is 2. The van der Waals surface area contributed by atoms with Crippen molar-refractivity contribution in [1.29, 1.82) is 0 Å². The topological polar surface area (TPSA) is 117 Å². The van der Waals surface area contributed by atoms with Crippen molar-refractivity contribution >= 4 is 34.0 Å². The number of carbonyl (C=O) groups excluding carboxylic acids is 2. The summed E-state index contributed by atoms with van der Waals surface area (Å²) in [5.74, 6) is -0.733. The Balaban J connectivity index is 1.59. The molecule has 0 aliphatic carbocycles. The molecular formula is C21H22N4O3S. The average molecular weight is 410 g/mol. The lowest BCUT2D eigenvalue weighted by atomic mass is 9.96. The molecule has 0 spiro atoms. The quantitative estimate of drug-likeness (QED) is 0.466. The predicted octanol–water partition coefficient (Wildman–Crippen LogP) is 2.99. The summed E-state index contributed by atoms with van der Waals surface area (Å²) in [6, 6.07) is 13.9. The summed E-state index contributed by atoms with van der Waals surface area (Å²) in [6.07, 6.45) is 0. The van der Waals surface area contributed by atoms with Gasteiger partial charge in [-0.05, 0) is 49.7 Å². The summed E-state index contributed by atoms with van der Waals surface area (Å²) in [5, 5.41) is 17.7. The second kappa shape index (κ2) is 8.42. The molecule has 0 radical (unpaired) electrons. The first-order valence-corrected chi connectivity index (χ1v) is 9.83. The number of nitrogen functional groups attached to an aromatic ring is 1. The van der Waals surface area contributed by atoms with Crippen LogP contribution < -0.4 is 16.4 Å². The minimum absolute atomic E-state index is 0.174. The first-order valence-electron chi connectivity index (χ1n) is 8.95. The number of nitrogens with two attached hydrogens (primary N) is 1. The molecule has 3 rings (SSSR count). The Kier molecular flexibility index (Phi) is 5.95. The lowest BCUT2D eigenvalue weighted by Gasteiger charge is -2.18. The van der Waals surface area contributed by atoms with Crippen LogP contribution in [0.4, 0.5) is 10.8 Å². The Bertz CT molecular complexity index is 1020. The van der Waals surface area contributed by atoms with E-state index in [0.717, 1.165) is 11.1 Å². The molecule has 0 atom stereocenters. The molecule has 0 aliphatic rings. The summed E-state index contributed by atoms with van der Waals surface area (Å²) in [6.45, 7) is 3.27. The van der Waals surface area contributed by atoms with Crippen LogP contribution in [0.5, 0.6) is 0 Å². The average Bonchev–Trinajstić information content (AvgIpc) is 3.14. The van der Waals surface area contributed by atoms with Crippen molar-refractivity contribution in [3.05, 3.63) is 65.0 Å². The number of thiazole rings is 1. The van der Waals surface area contributed by atoms with Crippen molar-refractivity contribution in [2.24, 2.45) is 0 Å². The van der Waals surface area contributed by atoms with Gasteiger partial charge in [-0.2, -0.15) is 0 Å². The van der Waals surface area contributed by atoms with E-state index in [9.17, 15) is 14.7 Å². The predicted molar refractivity (Wildman–Crippen MR) is 115 cm³/mol. The van der Waals surface area contributed by atoms with Gasteiger partial charge in [0.05, 0.1) is 17.8 Å². The van der Waals surface area contributed by atoms with Crippen molar-refractivity contribution in [2.45, 2.75) is 19.4 Å². The third-order valence-corrected chi connectivity index (χ3v) is 4.96. The Labute approximate surface area is 172 Å². The van der Waals surface area contributed by atoms with Crippen LogP contribution in [0.15, 0.2) is 53.9 Å². The van der Waals surface area contributed by atoms with Crippen molar-refractivity contribution in [1.82, 2.24) is 10.3 Å². The monoisotopic (exact) mass is 410 g/mol. The van der Waals surface area contributed by atoms with Crippen LogP contribution in [-0.4, -0.2) is 28.4 Å². The Morgan fingerprint density at radius 1 is 1.17 bits per heavy atom. The lowest BCUT2D eigenvalue weighted by molar-refractivity contribution is -0.115. The smallest absolute Gasteiger partial charge is 0.251 e. The van der Waals surface area contributed by atoms with Crippen molar-refractivity contribution < 1.29 is 14.7 Å². The highest BCUT2D eigenvalue weighted by molar-refractivity contribution is 7.14. The van der Waals surface area contributed by atoms with Gasteiger partial charge in [0.2, 0.25) is 5.91 Å². The minimum Gasteiger partial charge on any atom is -0.399 e. The van der Waals surface area contributed by atoms with Crippen LogP contribution in [0.1, 0.15) is 29.8 Å². The SMILES string of the molecule is CC(C)(O)c1cccc(-c2csc(NC(=O)CNC(=O)c3ccc(N)cc3)n2)c1. The lowest BCUT2D eigenvalue weighted by Crippen LogP contribution is -2.32. The number of anilines is 2. The van der Waals surface area contributed by atoms with Crippen molar-refractivity contribution in [3.63, 3.8) is 0 Å². The zero-order chi connectivity index (χ0) is 21.0. The number of nitrogens with one attached hydrogen (secondary N) is 2. The fourth-order valence-corrected chi connectivity index (χ4v) is 3.32. The molecule has 2 aromatic carbocycles. The normalized spacial score (nSPS) is 11.1. The number of aromatic nitrogens is 1.